The van der Waals surface area contributed by atoms with Crippen LogP contribution in [0.1, 0.15) is 43.9 Å². The minimum atomic E-state index is -0.268. The fourth-order valence-corrected chi connectivity index (χ4v) is 4.02. The molecule has 0 aliphatic carbocycles. The van der Waals surface area contributed by atoms with Crippen LogP contribution in [0.15, 0.2) is 54.6 Å². The fraction of sp³-hybridized carbons (Fsp3) is 0.500. The lowest BCUT2D eigenvalue weighted by atomic mass is 9.96. The zero-order valence-electron chi connectivity index (χ0n) is 19.5. The number of rotatable bonds is 9. The lowest BCUT2D eigenvalue weighted by Gasteiger charge is -2.34. The third-order valence-corrected chi connectivity index (χ3v) is 5.99. The number of ether oxygens (including phenoxy) is 1. The van der Waals surface area contributed by atoms with Crippen molar-refractivity contribution in [2.45, 2.75) is 45.4 Å². The summed E-state index contributed by atoms with van der Waals surface area (Å²) < 4.78 is 19.2. The number of piperidine rings is 1. The molecule has 1 fully saturated rings. The van der Waals surface area contributed by atoms with Crippen molar-refractivity contribution < 1.29 is 13.9 Å². The number of nitrogens with zero attached hydrogens (tertiary/aromatic N) is 2. The number of halogens is 1. The Hall–Kier alpha value is -2.44. The highest BCUT2D eigenvalue weighted by atomic mass is 19.1. The second-order valence-electron chi connectivity index (χ2n) is 9.05. The molecule has 32 heavy (non-hydrogen) atoms. The summed E-state index contributed by atoms with van der Waals surface area (Å²) in [6.45, 7) is 7.62. The minimum absolute atomic E-state index is 0.0765. The van der Waals surface area contributed by atoms with Gasteiger partial charge in [-0.1, -0.05) is 42.5 Å². The third-order valence-electron chi connectivity index (χ3n) is 5.99. The maximum absolute atomic E-state index is 13.5. The molecular formula is C26H36FN3O2. The first-order valence-electron chi connectivity index (χ1n) is 11.6. The van der Waals surface area contributed by atoms with E-state index >= 15 is 0 Å². The van der Waals surface area contributed by atoms with Crippen molar-refractivity contribution >= 4 is 6.03 Å². The zero-order valence-corrected chi connectivity index (χ0v) is 19.5. The van der Waals surface area contributed by atoms with Crippen LogP contribution in [0.5, 0.6) is 0 Å². The number of amides is 2. The molecule has 0 aromatic heterocycles. The standard InChI is InChI=1S/C26H36FN3O2/c1-20(2)32-19-25(23-7-5-4-6-8-23)28-26(31)30(17-21-9-11-24(27)12-10-21)18-22-13-15-29(3)16-14-22/h4-12,20,22,25H,13-19H2,1-3H3,(H,28,31). The maximum Gasteiger partial charge on any atom is 0.318 e. The van der Waals surface area contributed by atoms with Gasteiger partial charge in [-0.2, -0.15) is 0 Å². The number of likely N-dealkylation sites (tertiary alicyclic amines) is 1. The van der Waals surface area contributed by atoms with Gasteiger partial charge in [0, 0.05) is 13.1 Å². The van der Waals surface area contributed by atoms with Gasteiger partial charge in [-0.25, -0.2) is 9.18 Å². The van der Waals surface area contributed by atoms with Crippen molar-refractivity contribution in [3.8, 4) is 0 Å². The van der Waals surface area contributed by atoms with Crippen LogP contribution in [0.25, 0.3) is 0 Å². The monoisotopic (exact) mass is 441 g/mol. The van der Waals surface area contributed by atoms with Crippen LogP contribution in [0.4, 0.5) is 9.18 Å². The van der Waals surface area contributed by atoms with E-state index in [9.17, 15) is 9.18 Å². The maximum atomic E-state index is 13.5. The molecule has 0 saturated carbocycles. The van der Waals surface area contributed by atoms with Crippen molar-refractivity contribution in [3.63, 3.8) is 0 Å². The number of hydrogen-bond acceptors (Lipinski definition) is 3. The molecule has 1 aliphatic heterocycles. The van der Waals surface area contributed by atoms with Crippen LogP contribution in [0, 0.1) is 11.7 Å². The van der Waals surface area contributed by atoms with Crippen molar-refractivity contribution in [1.29, 1.82) is 0 Å². The highest BCUT2D eigenvalue weighted by Gasteiger charge is 2.25. The smallest absolute Gasteiger partial charge is 0.318 e. The second kappa shape index (κ2) is 12.0. The number of benzene rings is 2. The molecule has 0 radical (unpaired) electrons. The molecule has 3 rings (SSSR count). The van der Waals surface area contributed by atoms with Crippen molar-refractivity contribution in [1.82, 2.24) is 15.1 Å². The molecule has 1 aliphatic rings. The molecule has 6 heteroatoms. The quantitative estimate of drug-likeness (QED) is 0.605. The van der Waals surface area contributed by atoms with E-state index in [0.717, 1.165) is 37.1 Å². The van der Waals surface area contributed by atoms with Crippen molar-refractivity contribution in [2.75, 3.05) is 33.3 Å². The van der Waals surface area contributed by atoms with Gasteiger partial charge < -0.3 is 19.9 Å². The summed E-state index contributed by atoms with van der Waals surface area (Å²) in [5.74, 6) is 0.189. The minimum Gasteiger partial charge on any atom is -0.376 e. The molecule has 1 N–H and O–H groups in total. The average Bonchev–Trinajstić information content (AvgIpc) is 2.79. The summed E-state index contributed by atoms with van der Waals surface area (Å²) in [6, 6.07) is 16.0. The highest BCUT2D eigenvalue weighted by molar-refractivity contribution is 5.74. The summed E-state index contributed by atoms with van der Waals surface area (Å²) in [4.78, 5) is 17.7. The first-order chi connectivity index (χ1) is 15.4. The molecule has 1 atom stereocenters. The Balaban J connectivity index is 1.74. The van der Waals surface area contributed by atoms with Crippen molar-refractivity contribution in [3.05, 3.63) is 71.5 Å². The first kappa shape index (κ1) is 24.2. The van der Waals surface area contributed by atoms with Crippen LogP contribution in [-0.2, 0) is 11.3 Å². The lowest BCUT2D eigenvalue weighted by molar-refractivity contribution is 0.0606. The van der Waals surface area contributed by atoms with Gasteiger partial charge in [-0.3, -0.25) is 0 Å². The number of carbonyl (C=O) groups is 1. The average molecular weight is 442 g/mol. The predicted molar refractivity (Wildman–Crippen MR) is 126 cm³/mol. The Morgan fingerprint density at radius 3 is 2.41 bits per heavy atom. The molecule has 2 aromatic carbocycles. The van der Waals surface area contributed by atoms with Gasteiger partial charge in [0.2, 0.25) is 0 Å². The van der Waals surface area contributed by atoms with E-state index in [1.54, 1.807) is 12.1 Å². The van der Waals surface area contributed by atoms with Crippen LogP contribution >= 0.6 is 0 Å². The predicted octanol–water partition coefficient (Wildman–Crippen LogP) is 4.85. The van der Waals surface area contributed by atoms with Crippen molar-refractivity contribution in [2.24, 2.45) is 5.92 Å². The first-order valence-corrected chi connectivity index (χ1v) is 11.6. The number of hydrogen-bond donors (Lipinski definition) is 1. The molecule has 1 unspecified atom stereocenters. The van der Waals surface area contributed by atoms with Crippen LogP contribution in [-0.4, -0.2) is 55.2 Å². The molecule has 0 bridgehead atoms. The lowest BCUT2D eigenvalue weighted by Crippen LogP contribution is -2.46. The van der Waals surface area contributed by atoms with E-state index < -0.39 is 0 Å². The van der Waals surface area contributed by atoms with Gasteiger partial charge in [-0.15, -0.1) is 0 Å². The topological polar surface area (TPSA) is 44.8 Å². The molecule has 2 amide bonds. The van der Waals surface area contributed by atoms with E-state index in [-0.39, 0.29) is 24.0 Å². The summed E-state index contributed by atoms with van der Waals surface area (Å²) in [5, 5.41) is 3.20. The fourth-order valence-electron chi connectivity index (χ4n) is 4.02. The van der Waals surface area contributed by atoms with Gasteiger partial charge >= 0.3 is 6.03 Å². The Bertz CT molecular complexity index is 821. The molecule has 1 saturated heterocycles. The summed E-state index contributed by atoms with van der Waals surface area (Å²) in [6.07, 6.45) is 2.22. The summed E-state index contributed by atoms with van der Waals surface area (Å²) >= 11 is 0. The van der Waals surface area contributed by atoms with E-state index in [0.29, 0.717) is 25.6 Å². The summed E-state index contributed by atoms with van der Waals surface area (Å²) in [7, 11) is 2.14. The van der Waals surface area contributed by atoms with Gasteiger partial charge in [0.25, 0.3) is 0 Å². The summed E-state index contributed by atoms with van der Waals surface area (Å²) in [5.41, 5.74) is 1.94. The van der Waals surface area contributed by atoms with E-state index in [1.165, 1.54) is 12.1 Å². The Morgan fingerprint density at radius 2 is 1.78 bits per heavy atom. The Morgan fingerprint density at radius 1 is 1.12 bits per heavy atom. The molecular weight excluding hydrogens is 405 g/mol. The molecule has 2 aromatic rings. The van der Waals surface area contributed by atoms with Crippen LogP contribution in [0.2, 0.25) is 0 Å². The van der Waals surface area contributed by atoms with Gasteiger partial charge in [0.15, 0.2) is 0 Å². The van der Waals surface area contributed by atoms with E-state index in [1.807, 2.05) is 49.1 Å². The highest BCUT2D eigenvalue weighted by Crippen LogP contribution is 2.20. The number of nitrogens with one attached hydrogen (secondary N) is 1. The van der Waals surface area contributed by atoms with Crippen LogP contribution < -0.4 is 5.32 Å². The molecule has 5 nitrogen and oxygen atoms in total. The SMILES string of the molecule is CC(C)OCC(NC(=O)N(Cc1ccc(F)cc1)CC1CCN(C)CC1)c1ccccc1. The number of carbonyl (C=O) groups excluding carboxylic acids is 1. The largest absolute Gasteiger partial charge is 0.376 e. The molecule has 174 valence electrons. The molecule has 0 spiro atoms. The molecule has 1 heterocycles. The van der Waals surface area contributed by atoms with Gasteiger partial charge in [0.05, 0.1) is 18.8 Å². The zero-order chi connectivity index (χ0) is 22.9. The van der Waals surface area contributed by atoms with Crippen LogP contribution in [0.3, 0.4) is 0 Å². The van der Waals surface area contributed by atoms with E-state index in [2.05, 4.69) is 17.3 Å². The number of urea groups is 1. The normalized spacial score (nSPS) is 16.2. The third kappa shape index (κ3) is 7.61. The Kier molecular flexibility index (Phi) is 9.06. The van der Waals surface area contributed by atoms with E-state index in [4.69, 9.17) is 4.74 Å². The van der Waals surface area contributed by atoms with Gasteiger partial charge in [0.1, 0.15) is 5.82 Å². The second-order valence-corrected chi connectivity index (χ2v) is 9.05. The van der Waals surface area contributed by atoms with Gasteiger partial charge in [-0.05, 0) is 76.0 Å². The Labute approximate surface area is 191 Å².